The molecule has 1 aliphatic carbocycles. The quantitative estimate of drug-likeness (QED) is 0.701. The molecule has 1 fully saturated rings. The first-order valence-electron chi connectivity index (χ1n) is 5.09. The molecule has 1 saturated carbocycles. The van der Waals surface area contributed by atoms with Crippen molar-refractivity contribution in [1.82, 2.24) is 0 Å². The summed E-state index contributed by atoms with van der Waals surface area (Å²) >= 11 is 0. The molecule has 1 aliphatic rings. The molecule has 2 N–H and O–H groups in total. The summed E-state index contributed by atoms with van der Waals surface area (Å²) in [7, 11) is 1.74. The number of ether oxygens (including phenoxy) is 1. The van der Waals surface area contributed by atoms with Crippen molar-refractivity contribution in [2.45, 2.75) is 44.6 Å². The van der Waals surface area contributed by atoms with Gasteiger partial charge in [-0.05, 0) is 25.2 Å². The van der Waals surface area contributed by atoms with Crippen molar-refractivity contribution < 1.29 is 4.74 Å². The van der Waals surface area contributed by atoms with E-state index in [0.717, 1.165) is 18.9 Å². The number of hydrogen-bond donors (Lipinski definition) is 1. The summed E-state index contributed by atoms with van der Waals surface area (Å²) in [6.07, 6.45) is 7.88. The van der Waals surface area contributed by atoms with Gasteiger partial charge in [-0.15, -0.1) is 0 Å². The number of rotatable bonds is 4. The topological polar surface area (TPSA) is 35.2 Å². The maximum absolute atomic E-state index is 6.05. The Bertz CT molecular complexity index is 110. The van der Waals surface area contributed by atoms with Crippen LogP contribution >= 0.6 is 0 Å². The van der Waals surface area contributed by atoms with Gasteiger partial charge in [-0.3, -0.25) is 0 Å². The predicted molar refractivity (Wildman–Crippen MR) is 51.0 cm³/mol. The van der Waals surface area contributed by atoms with Crippen LogP contribution in [0.5, 0.6) is 0 Å². The third kappa shape index (κ3) is 3.11. The zero-order chi connectivity index (χ0) is 8.81. The molecular formula is C10H21NO. The average Bonchev–Trinajstić information content (AvgIpc) is 2.15. The summed E-state index contributed by atoms with van der Waals surface area (Å²) in [5, 5.41) is 0. The van der Waals surface area contributed by atoms with Crippen molar-refractivity contribution in [3.63, 3.8) is 0 Å². The van der Waals surface area contributed by atoms with Crippen LogP contribution in [-0.2, 0) is 4.74 Å². The van der Waals surface area contributed by atoms with Gasteiger partial charge in [0.2, 0.25) is 0 Å². The highest BCUT2D eigenvalue weighted by Gasteiger charge is 2.19. The van der Waals surface area contributed by atoms with Gasteiger partial charge in [-0.25, -0.2) is 0 Å². The van der Waals surface area contributed by atoms with E-state index in [1.54, 1.807) is 7.11 Å². The van der Waals surface area contributed by atoms with Gasteiger partial charge in [0.05, 0.1) is 0 Å². The van der Waals surface area contributed by atoms with Crippen LogP contribution in [0.1, 0.15) is 38.5 Å². The molecule has 2 nitrogen and oxygen atoms in total. The molecule has 0 aromatic rings. The summed E-state index contributed by atoms with van der Waals surface area (Å²) in [4.78, 5) is 0. The molecule has 0 saturated heterocycles. The molecule has 12 heavy (non-hydrogen) atoms. The highest BCUT2D eigenvalue weighted by atomic mass is 16.5. The van der Waals surface area contributed by atoms with Crippen LogP contribution in [0, 0.1) is 5.92 Å². The lowest BCUT2D eigenvalue weighted by Crippen LogP contribution is -2.32. The molecule has 0 spiro atoms. The van der Waals surface area contributed by atoms with Gasteiger partial charge in [-0.1, -0.05) is 19.3 Å². The minimum Gasteiger partial charge on any atom is -0.385 e. The van der Waals surface area contributed by atoms with E-state index in [-0.39, 0.29) is 0 Å². The largest absolute Gasteiger partial charge is 0.385 e. The third-order valence-electron chi connectivity index (χ3n) is 2.91. The van der Waals surface area contributed by atoms with E-state index in [0.29, 0.717) is 6.04 Å². The molecule has 0 aromatic heterocycles. The predicted octanol–water partition coefficient (Wildman–Crippen LogP) is 1.93. The fourth-order valence-electron chi connectivity index (χ4n) is 2.05. The molecule has 1 unspecified atom stereocenters. The molecule has 0 aliphatic heterocycles. The van der Waals surface area contributed by atoms with Gasteiger partial charge in [-0.2, -0.15) is 0 Å². The lowest BCUT2D eigenvalue weighted by molar-refractivity contribution is 0.171. The molecule has 2 heteroatoms. The molecule has 1 atom stereocenters. The van der Waals surface area contributed by atoms with Gasteiger partial charge in [0, 0.05) is 19.8 Å². The second-order valence-corrected chi connectivity index (χ2v) is 3.84. The standard InChI is InChI=1S/C10H21NO/c1-12-8-7-10(11)9-5-3-2-4-6-9/h9-10H,2-8,11H2,1H3. The molecule has 0 bridgehead atoms. The molecule has 0 amide bonds. The molecule has 0 aromatic carbocycles. The van der Waals surface area contributed by atoms with Crippen LogP contribution in [0.4, 0.5) is 0 Å². The van der Waals surface area contributed by atoms with E-state index in [9.17, 15) is 0 Å². The van der Waals surface area contributed by atoms with E-state index >= 15 is 0 Å². The van der Waals surface area contributed by atoms with E-state index in [2.05, 4.69) is 0 Å². The van der Waals surface area contributed by atoms with Gasteiger partial charge < -0.3 is 10.5 Å². The first kappa shape index (κ1) is 10.0. The molecule has 72 valence electrons. The van der Waals surface area contributed by atoms with Gasteiger partial charge in [0.1, 0.15) is 0 Å². The van der Waals surface area contributed by atoms with E-state index in [1.807, 2.05) is 0 Å². The fourth-order valence-corrected chi connectivity index (χ4v) is 2.05. The highest BCUT2D eigenvalue weighted by molar-refractivity contribution is 4.76. The van der Waals surface area contributed by atoms with Crippen molar-refractivity contribution >= 4 is 0 Å². The second kappa shape index (κ2) is 5.55. The Morgan fingerprint density at radius 1 is 1.33 bits per heavy atom. The first-order chi connectivity index (χ1) is 5.84. The molecule has 1 rings (SSSR count). The Labute approximate surface area is 75.5 Å². The molecule has 0 radical (unpaired) electrons. The molecule has 0 heterocycles. The van der Waals surface area contributed by atoms with Crippen molar-refractivity contribution in [2.75, 3.05) is 13.7 Å². The van der Waals surface area contributed by atoms with Gasteiger partial charge >= 0.3 is 0 Å². The number of hydrogen-bond acceptors (Lipinski definition) is 2. The monoisotopic (exact) mass is 171 g/mol. The minimum absolute atomic E-state index is 0.380. The highest BCUT2D eigenvalue weighted by Crippen LogP contribution is 2.26. The SMILES string of the molecule is COCCC(N)C1CCCCC1. The Kier molecular flexibility index (Phi) is 4.62. The van der Waals surface area contributed by atoms with E-state index in [1.165, 1.54) is 32.1 Å². The second-order valence-electron chi connectivity index (χ2n) is 3.84. The lowest BCUT2D eigenvalue weighted by atomic mass is 9.83. The van der Waals surface area contributed by atoms with Crippen molar-refractivity contribution in [3.05, 3.63) is 0 Å². The van der Waals surface area contributed by atoms with Crippen LogP contribution in [0.3, 0.4) is 0 Å². The van der Waals surface area contributed by atoms with E-state index < -0.39 is 0 Å². The Balaban J connectivity index is 2.15. The zero-order valence-electron chi connectivity index (χ0n) is 8.09. The summed E-state index contributed by atoms with van der Waals surface area (Å²) in [6, 6.07) is 0.380. The van der Waals surface area contributed by atoms with Crippen LogP contribution in [0.25, 0.3) is 0 Å². The Hall–Kier alpha value is -0.0800. The molecular weight excluding hydrogens is 150 g/mol. The number of methoxy groups -OCH3 is 1. The van der Waals surface area contributed by atoms with Crippen molar-refractivity contribution in [2.24, 2.45) is 11.7 Å². The van der Waals surface area contributed by atoms with Crippen LogP contribution < -0.4 is 5.73 Å². The summed E-state index contributed by atoms with van der Waals surface area (Å²) in [5.41, 5.74) is 6.05. The first-order valence-corrected chi connectivity index (χ1v) is 5.09. The normalized spacial score (nSPS) is 22.5. The third-order valence-corrected chi connectivity index (χ3v) is 2.91. The average molecular weight is 171 g/mol. The smallest absolute Gasteiger partial charge is 0.0477 e. The summed E-state index contributed by atoms with van der Waals surface area (Å²) < 4.78 is 5.02. The van der Waals surface area contributed by atoms with Gasteiger partial charge in [0.15, 0.2) is 0 Å². The van der Waals surface area contributed by atoms with Crippen LogP contribution in [-0.4, -0.2) is 19.8 Å². The van der Waals surface area contributed by atoms with Gasteiger partial charge in [0.25, 0.3) is 0 Å². The maximum atomic E-state index is 6.05. The Morgan fingerprint density at radius 3 is 2.58 bits per heavy atom. The van der Waals surface area contributed by atoms with Crippen LogP contribution in [0.15, 0.2) is 0 Å². The maximum Gasteiger partial charge on any atom is 0.0477 e. The fraction of sp³-hybridized carbons (Fsp3) is 1.00. The van der Waals surface area contributed by atoms with Crippen molar-refractivity contribution in [3.8, 4) is 0 Å². The minimum atomic E-state index is 0.380. The summed E-state index contributed by atoms with van der Waals surface area (Å²) in [5.74, 6) is 0.772. The Morgan fingerprint density at radius 2 is 2.00 bits per heavy atom. The summed E-state index contributed by atoms with van der Waals surface area (Å²) in [6.45, 7) is 0.817. The number of nitrogens with two attached hydrogens (primary N) is 1. The zero-order valence-corrected chi connectivity index (χ0v) is 8.09. The lowest BCUT2D eigenvalue weighted by Gasteiger charge is -2.27. The van der Waals surface area contributed by atoms with E-state index in [4.69, 9.17) is 10.5 Å². The van der Waals surface area contributed by atoms with Crippen molar-refractivity contribution in [1.29, 1.82) is 0 Å². The van der Waals surface area contributed by atoms with Crippen LogP contribution in [0.2, 0.25) is 0 Å².